The molecule has 0 radical (unpaired) electrons. The van der Waals surface area contributed by atoms with Gasteiger partial charge in [-0.15, -0.1) is 0 Å². The first kappa shape index (κ1) is 18.2. The van der Waals surface area contributed by atoms with Crippen LogP contribution in [0.2, 0.25) is 10.0 Å². The summed E-state index contributed by atoms with van der Waals surface area (Å²) in [7, 11) is 0. The van der Waals surface area contributed by atoms with Gasteiger partial charge in [-0.1, -0.05) is 36.2 Å². The molecule has 2 rings (SSSR count). The number of carbonyl (C=O) groups excluding carboxylic acids is 2. The van der Waals surface area contributed by atoms with Gasteiger partial charge in [0.1, 0.15) is 0 Å². The van der Waals surface area contributed by atoms with Gasteiger partial charge in [0.15, 0.2) is 0 Å². The van der Waals surface area contributed by atoms with Crippen molar-refractivity contribution in [1.82, 2.24) is 10.3 Å². The number of hydrogen-bond donors (Lipinski definition) is 2. The maximum Gasteiger partial charge on any atom is 0.257 e. The Morgan fingerprint density at radius 3 is 2.29 bits per heavy atom. The van der Waals surface area contributed by atoms with Crippen molar-refractivity contribution in [2.75, 3.05) is 5.32 Å². The molecule has 1 aromatic carbocycles. The van der Waals surface area contributed by atoms with Crippen molar-refractivity contribution < 1.29 is 9.59 Å². The summed E-state index contributed by atoms with van der Waals surface area (Å²) < 4.78 is 0. The lowest BCUT2D eigenvalue weighted by atomic mass is 10.1. The Bertz CT molecular complexity index is 745. The number of halogens is 2. The molecule has 0 saturated heterocycles. The van der Waals surface area contributed by atoms with Crippen LogP contribution in [0.15, 0.2) is 36.7 Å². The minimum atomic E-state index is -0.448. The van der Waals surface area contributed by atoms with Gasteiger partial charge < -0.3 is 10.6 Å². The molecule has 1 atom stereocenters. The molecule has 126 valence electrons. The number of nitrogens with zero attached hydrogens (tertiary/aromatic N) is 1. The van der Waals surface area contributed by atoms with Crippen molar-refractivity contribution in [3.63, 3.8) is 0 Å². The molecule has 0 aliphatic rings. The highest BCUT2D eigenvalue weighted by molar-refractivity contribution is 6.40. The largest absolute Gasteiger partial charge is 0.350 e. The zero-order valence-corrected chi connectivity index (χ0v) is 14.8. The van der Waals surface area contributed by atoms with Crippen molar-refractivity contribution in [2.24, 2.45) is 0 Å². The number of carbonyl (C=O) groups is 2. The number of hydrogen-bond acceptors (Lipinski definition) is 3. The van der Waals surface area contributed by atoms with E-state index < -0.39 is 5.91 Å². The third kappa shape index (κ3) is 4.46. The maximum absolute atomic E-state index is 12.4. The van der Waals surface area contributed by atoms with E-state index in [1.54, 1.807) is 18.2 Å². The van der Waals surface area contributed by atoms with Gasteiger partial charge in [0.2, 0.25) is 0 Å². The molecule has 0 bridgehead atoms. The molecule has 24 heavy (non-hydrogen) atoms. The number of rotatable bonds is 5. The number of nitrogens with one attached hydrogen (secondary N) is 2. The quantitative estimate of drug-likeness (QED) is 0.834. The Labute approximate surface area is 150 Å². The third-order valence-electron chi connectivity index (χ3n) is 3.45. The zero-order chi connectivity index (χ0) is 17.7. The first-order chi connectivity index (χ1) is 11.4. The van der Waals surface area contributed by atoms with E-state index in [0.717, 1.165) is 6.42 Å². The normalized spacial score (nSPS) is 11.7. The van der Waals surface area contributed by atoms with Gasteiger partial charge in [0.05, 0.1) is 26.9 Å². The molecule has 0 fully saturated rings. The monoisotopic (exact) mass is 365 g/mol. The van der Waals surface area contributed by atoms with Gasteiger partial charge in [-0.3, -0.25) is 14.6 Å². The standard InChI is InChI=1S/C17H17Cl2N3O2/c1-3-10(2)21-16(23)11-7-12(9-20-8-11)17(24)22-15-13(18)5-4-6-14(15)19/h4-10H,3H2,1-2H3,(H,21,23)(H,22,24). The van der Waals surface area contributed by atoms with Crippen molar-refractivity contribution in [3.8, 4) is 0 Å². The summed E-state index contributed by atoms with van der Waals surface area (Å²) in [5.74, 6) is -0.724. The van der Waals surface area contributed by atoms with E-state index in [0.29, 0.717) is 21.3 Å². The number of pyridine rings is 1. The lowest BCUT2D eigenvalue weighted by molar-refractivity contribution is 0.0939. The topological polar surface area (TPSA) is 71.1 Å². The molecular weight excluding hydrogens is 349 g/mol. The molecule has 1 unspecified atom stereocenters. The first-order valence-corrected chi connectivity index (χ1v) is 8.19. The van der Waals surface area contributed by atoms with Crippen LogP contribution in [0.4, 0.5) is 5.69 Å². The summed E-state index contributed by atoms with van der Waals surface area (Å²) in [6.45, 7) is 3.88. The molecule has 0 spiro atoms. The van der Waals surface area contributed by atoms with Crippen LogP contribution in [0.25, 0.3) is 0 Å². The number of aromatic nitrogens is 1. The highest BCUT2D eigenvalue weighted by atomic mass is 35.5. The number of para-hydroxylation sites is 1. The number of amides is 2. The van der Waals surface area contributed by atoms with Crippen molar-refractivity contribution in [1.29, 1.82) is 0 Å². The van der Waals surface area contributed by atoms with Crippen LogP contribution in [0.1, 0.15) is 41.0 Å². The summed E-state index contributed by atoms with van der Waals surface area (Å²) in [6.07, 6.45) is 3.60. The van der Waals surface area contributed by atoms with Crippen molar-refractivity contribution in [2.45, 2.75) is 26.3 Å². The maximum atomic E-state index is 12.4. The number of anilines is 1. The molecule has 1 heterocycles. The average molecular weight is 366 g/mol. The van der Waals surface area contributed by atoms with Crippen LogP contribution in [-0.4, -0.2) is 22.8 Å². The van der Waals surface area contributed by atoms with Gasteiger partial charge in [0.25, 0.3) is 11.8 Å². The summed E-state index contributed by atoms with van der Waals surface area (Å²) in [4.78, 5) is 28.5. The molecule has 7 heteroatoms. The summed E-state index contributed by atoms with van der Waals surface area (Å²) in [6, 6.07) is 6.44. The van der Waals surface area contributed by atoms with Gasteiger partial charge in [0, 0.05) is 18.4 Å². The fourth-order valence-electron chi connectivity index (χ4n) is 1.90. The Morgan fingerprint density at radius 2 is 1.71 bits per heavy atom. The highest BCUT2D eigenvalue weighted by Crippen LogP contribution is 2.30. The fraction of sp³-hybridized carbons (Fsp3) is 0.235. The van der Waals surface area contributed by atoms with E-state index in [1.807, 2.05) is 13.8 Å². The van der Waals surface area contributed by atoms with Crippen LogP contribution in [0, 0.1) is 0 Å². The first-order valence-electron chi connectivity index (χ1n) is 7.43. The van der Waals surface area contributed by atoms with Crippen LogP contribution < -0.4 is 10.6 Å². The van der Waals surface area contributed by atoms with E-state index >= 15 is 0 Å². The second-order valence-corrected chi connectivity index (χ2v) is 6.11. The number of benzene rings is 1. The summed E-state index contributed by atoms with van der Waals surface area (Å²) in [5, 5.41) is 6.12. The minimum absolute atomic E-state index is 0.0388. The Kier molecular flexibility index (Phi) is 6.17. The molecule has 0 aliphatic heterocycles. The lowest BCUT2D eigenvalue weighted by Gasteiger charge is -2.12. The van der Waals surface area contributed by atoms with E-state index in [-0.39, 0.29) is 17.5 Å². The Morgan fingerprint density at radius 1 is 1.12 bits per heavy atom. The molecule has 0 aliphatic carbocycles. The van der Waals surface area contributed by atoms with Crippen LogP contribution in [-0.2, 0) is 0 Å². The van der Waals surface area contributed by atoms with Gasteiger partial charge >= 0.3 is 0 Å². The minimum Gasteiger partial charge on any atom is -0.350 e. The molecule has 5 nitrogen and oxygen atoms in total. The SMILES string of the molecule is CCC(C)NC(=O)c1cncc(C(=O)Nc2c(Cl)cccc2Cl)c1. The van der Waals surface area contributed by atoms with E-state index in [2.05, 4.69) is 15.6 Å². The van der Waals surface area contributed by atoms with Gasteiger partial charge in [-0.05, 0) is 31.5 Å². The van der Waals surface area contributed by atoms with Crippen LogP contribution >= 0.6 is 23.2 Å². The molecular formula is C17H17Cl2N3O2. The predicted octanol–water partition coefficient (Wildman–Crippen LogP) is 4.17. The van der Waals surface area contributed by atoms with Crippen LogP contribution in [0.5, 0.6) is 0 Å². The predicted molar refractivity (Wildman–Crippen MR) is 95.9 cm³/mol. The Balaban J connectivity index is 2.19. The van der Waals surface area contributed by atoms with Crippen molar-refractivity contribution in [3.05, 3.63) is 57.8 Å². The van der Waals surface area contributed by atoms with Gasteiger partial charge in [-0.25, -0.2) is 0 Å². The molecule has 2 aromatic rings. The third-order valence-corrected chi connectivity index (χ3v) is 4.08. The van der Waals surface area contributed by atoms with E-state index in [4.69, 9.17) is 23.2 Å². The van der Waals surface area contributed by atoms with Crippen LogP contribution in [0.3, 0.4) is 0 Å². The average Bonchev–Trinajstić information content (AvgIpc) is 2.58. The molecule has 2 amide bonds. The Hall–Kier alpha value is -2.11. The summed E-state index contributed by atoms with van der Waals surface area (Å²) >= 11 is 12.1. The van der Waals surface area contributed by atoms with E-state index in [9.17, 15) is 9.59 Å². The van der Waals surface area contributed by atoms with E-state index in [1.165, 1.54) is 18.5 Å². The lowest BCUT2D eigenvalue weighted by Crippen LogP contribution is -2.32. The summed E-state index contributed by atoms with van der Waals surface area (Å²) in [5.41, 5.74) is 0.872. The second kappa shape index (κ2) is 8.13. The highest BCUT2D eigenvalue weighted by Gasteiger charge is 2.15. The van der Waals surface area contributed by atoms with Crippen molar-refractivity contribution >= 4 is 40.7 Å². The van der Waals surface area contributed by atoms with Gasteiger partial charge in [-0.2, -0.15) is 0 Å². The molecule has 2 N–H and O–H groups in total. The second-order valence-electron chi connectivity index (χ2n) is 5.30. The fourth-order valence-corrected chi connectivity index (χ4v) is 2.39. The smallest absolute Gasteiger partial charge is 0.257 e. The molecule has 0 saturated carbocycles. The molecule has 1 aromatic heterocycles. The zero-order valence-electron chi connectivity index (χ0n) is 13.3.